The molecule has 2 N–H and O–H groups in total. The number of hydrogen-bond donors (Lipinski definition) is 2. The molecule has 0 unspecified atom stereocenters. The van der Waals surface area contributed by atoms with E-state index in [1.165, 1.54) is 12.1 Å². The van der Waals surface area contributed by atoms with E-state index in [2.05, 4.69) is 0 Å². The highest BCUT2D eigenvalue weighted by molar-refractivity contribution is 7.50. The predicted molar refractivity (Wildman–Crippen MR) is 46.9 cm³/mol. The van der Waals surface area contributed by atoms with Gasteiger partial charge >= 0.3 is 7.60 Å². The highest BCUT2D eigenvalue weighted by Gasteiger charge is 2.18. The summed E-state index contributed by atoms with van der Waals surface area (Å²) >= 11 is 0. The van der Waals surface area contributed by atoms with Gasteiger partial charge in [0.2, 0.25) is 0 Å². The summed E-state index contributed by atoms with van der Waals surface area (Å²) in [4.78, 5) is 17.3. The Balaban J connectivity index is 3.07. The average molecular weight is 204 g/mol. The van der Waals surface area contributed by atoms with Crippen LogP contribution in [0.15, 0.2) is 18.2 Å². The number of benzene rings is 1. The Labute approximate surface area is 75.4 Å². The van der Waals surface area contributed by atoms with E-state index < -0.39 is 19.6 Å². The van der Waals surface area contributed by atoms with E-state index in [1.54, 1.807) is 13.0 Å². The van der Waals surface area contributed by atoms with Gasteiger partial charge in [-0.3, -0.25) is 4.57 Å². The molecule has 0 aliphatic carbocycles. The summed E-state index contributed by atoms with van der Waals surface area (Å²) in [5, 5.41) is 0. The molecule has 0 saturated heterocycles. The molecule has 1 aromatic rings. The molecule has 0 fully saturated rings. The van der Waals surface area contributed by atoms with Crippen molar-refractivity contribution in [3.63, 3.8) is 0 Å². The minimum absolute atomic E-state index is 0.0934. The van der Waals surface area contributed by atoms with Gasteiger partial charge in [-0.15, -0.1) is 0 Å². The van der Waals surface area contributed by atoms with Crippen molar-refractivity contribution in [2.24, 2.45) is 0 Å². The van der Waals surface area contributed by atoms with Crippen LogP contribution >= 0.6 is 7.60 Å². The maximum Gasteiger partial charge on any atom is 0.330 e. The minimum Gasteiger partial charge on any atom is -0.324 e. The van der Waals surface area contributed by atoms with E-state index in [0.717, 1.165) is 0 Å². The van der Waals surface area contributed by atoms with Gasteiger partial charge in [0.1, 0.15) is 5.82 Å². The Morgan fingerprint density at radius 2 is 2.08 bits per heavy atom. The van der Waals surface area contributed by atoms with Gasteiger partial charge in [-0.25, -0.2) is 4.39 Å². The number of halogens is 1. The molecule has 0 amide bonds. The average Bonchev–Trinajstić information content (AvgIpc) is 1.95. The van der Waals surface area contributed by atoms with Gasteiger partial charge in [0.15, 0.2) is 0 Å². The van der Waals surface area contributed by atoms with E-state index in [0.29, 0.717) is 5.56 Å². The molecule has 5 heteroatoms. The Bertz CT molecular complexity index is 338. The van der Waals surface area contributed by atoms with Gasteiger partial charge in [-0.1, -0.05) is 12.1 Å². The minimum atomic E-state index is -4.18. The second-order valence-electron chi connectivity index (χ2n) is 2.86. The van der Waals surface area contributed by atoms with Crippen LogP contribution in [0.25, 0.3) is 0 Å². The zero-order valence-electron chi connectivity index (χ0n) is 7.07. The second-order valence-corrected chi connectivity index (χ2v) is 4.50. The molecule has 0 aromatic heterocycles. The lowest BCUT2D eigenvalue weighted by molar-refractivity contribution is 0.370. The molecule has 0 aliphatic rings. The quantitative estimate of drug-likeness (QED) is 0.722. The first-order valence-electron chi connectivity index (χ1n) is 3.69. The molecule has 1 rings (SSSR count). The normalized spacial score (nSPS) is 11.7. The van der Waals surface area contributed by atoms with Gasteiger partial charge in [0.25, 0.3) is 0 Å². The summed E-state index contributed by atoms with van der Waals surface area (Å²) in [5.74, 6) is -0.566. The second kappa shape index (κ2) is 3.58. The third-order valence-corrected chi connectivity index (χ3v) is 2.45. The Kier molecular flexibility index (Phi) is 2.86. The zero-order chi connectivity index (χ0) is 10.1. The molecule has 13 heavy (non-hydrogen) atoms. The van der Waals surface area contributed by atoms with Crippen LogP contribution in [-0.2, 0) is 10.7 Å². The third kappa shape index (κ3) is 2.92. The Morgan fingerprint density at radius 1 is 1.46 bits per heavy atom. The molecule has 0 saturated carbocycles. The molecule has 0 aliphatic heterocycles. The number of aryl methyl sites for hydroxylation is 1. The third-order valence-electron chi connectivity index (χ3n) is 1.72. The summed E-state index contributed by atoms with van der Waals surface area (Å²) in [6, 6.07) is 4.32. The van der Waals surface area contributed by atoms with Crippen molar-refractivity contribution in [3.8, 4) is 0 Å². The van der Waals surface area contributed by atoms with E-state index >= 15 is 0 Å². The molecular formula is C8H10FO3P. The first kappa shape index (κ1) is 10.4. The van der Waals surface area contributed by atoms with Crippen LogP contribution in [0.4, 0.5) is 4.39 Å². The maximum absolute atomic E-state index is 13.0. The molecule has 0 spiro atoms. The molecule has 0 heterocycles. The lowest BCUT2D eigenvalue weighted by Crippen LogP contribution is -1.95. The van der Waals surface area contributed by atoms with E-state index in [4.69, 9.17) is 9.79 Å². The highest BCUT2D eigenvalue weighted by atomic mass is 31.2. The number of rotatable bonds is 2. The first-order valence-corrected chi connectivity index (χ1v) is 5.48. The van der Waals surface area contributed by atoms with Crippen molar-refractivity contribution in [2.75, 3.05) is 0 Å². The molecular weight excluding hydrogens is 194 g/mol. The highest BCUT2D eigenvalue weighted by Crippen LogP contribution is 2.40. The topological polar surface area (TPSA) is 57.5 Å². The zero-order valence-corrected chi connectivity index (χ0v) is 7.96. The van der Waals surface area contributed by atoms with Crippen molar-refractivity contribution in [2.45, 2.75) is 13.1 Å². The summed E-state index contributed by atoms with van der Waals surface area (Å²) < 4.78 is 23.7. The van der Waals surface area contributed by atoms with E-state index in [9.17, 15) is 8.96 Å². The lowest BCUT2D eigenvalue weighted by Gasteiger charge is -2.07. The fourth-order valence-electron chi connectivity index (χ4n) is 1.07. The first-order chi connectivity index (χ1) is 5.90. The molecule has 0 atom stereocenters. The van der Waals surface area contributed by atoms with Crippen LogP contribution in [-0.4, -0.2) is 9.79 Å². The van der Waals surface area contributed by atoms with Crippen molar-refractivity contribution in [1.29, 1.82) is 0 Å². The predicted octanol–water partition coefficient (Wildman–Crippen LogP) is 1.81. The largest absolute Gasteiger partial charge is 0.330 e. The van der Waals surface area contributed by atoms with Crippen LogP contribution < -0.4 is 0 Å². The fourth-order valence-corrected chi connectivity index (χ4v) is 1.89. The Hall–Kier alpha value is -0.700. The van der Waals surface area contributed by atoms with Crippen molar-refractivity contribution in [1.82, 2.24) is 0 Å². The van der Waals surface area contributed by atoms with E-state index in [1.807, 2.05) is 0 Å². The Morgan fingerprint density at radius 3 is 2.54 bits per heavy atom. The van der Waals surface area contributed by atoms with Gasteiger partial charge < -0.3 is 9.79 Å². The lowest BCUT2D eigenvalue weighted by atomic mass is 10.1. The van der Waals surface area contributed by atoms with E-state index in [-0.39, 0.29) is 5.56 Å². The van der Waals surface area contributed by atoms with Crippen molar-refractivity contribution >= 4 is 7.60 Å². The SMILES string of the molecule is Cc1cccc(F)c1CP(=O)(O)O. The van der Waals surface area contributed by atoms with Gasteiger partial charge in [-0.05, 0) is 18.6 Å². The standard InChI is InChI=1S/C8H10FO3P/c1-6-3-2-4-8(9)7(6)5-13(10,11)12/h2-4H,5H2,1H3,(H2,10,11,12). The smallest absolute Gasteiger partial charge is 0.324 e. The summed E-state index contributed by atoms with van der Waals surface area (Å²) in [6.45, 7) is 1.62. The molecule has 3 nitrogen and oxygen atoms in total. The molecule has 0 radical (unpaired) electrons. The monoisotopic (exact) mass is 204 g/mol. The van der Waals surface area contributed by atoms with Crippen molar-refractivity contribution < 1.29 is 18.7 Å². The van der Waals surface area contributed by atoms with Gasteiger partial charge in [0, 0.05) is 5.56 Å². The summed E-state index contributed by atoms with van der Waals surface area (Å²) in [6.07, 6.45) is -0.536. The van der Waals surface area contributed by atoms with Crippen LogP contribution in [0, 0.1) is 12.7 Å². The van der Waals surface area contributed by atoms with Gasteiger partial charge in [0.05, 0.1) is 6.16 Å². The molecule has 0 bridgehead atoms. The van der Waals surface area contributed by atoms with Crippen molar-refractivity contribution in [3.05, 3.63) is 35.1 Å². The van der Waals surface area contributed by atoms with Crippen LogP contribution in [0.3, 0.4) is 0 Å². The van der Waals surface area contributed by atoms with Crippen LogP contribution in [0.1, 0.15) is 11.1 Å². The van der Waals surface area contributed by atoms with Crippen LogP contribution in [0.5, 0.6) is 0 Å². The van der Waals surface area contributed by atoms with Crippen LogP contribution in [0.2, 0.25) is 0 Å². The molecule has 72 valence electrons. The fraction of sp³-hybridized carbons (Fsp3) is 0.250. The van der Waals surface area contributed by atoms with Gasteiger partial charge in [-0.2, -0.15) is 0 Å². The summed E-state index contributed by atoms with van der Waals surface area (Å²) in [7, 11) is -4.18. The maximum atomic E-state index is 13.0. The summed E-state index contributed by atoms with van der Waals surface area (Å²) in [5.41, 5.74) is 0.652. The molecule has 1 aromatic carbocycles. The number of hydrogen-bond acceptors (Lipinski definition) is 1.